The van der Waals surface area contributed by atoms with Crippen LogP contribution < -0.4 is 50.9 Å². The van der Waals surface area contributed by atoms with E-state index in [1.165, 1.54) is 0 Å². The standard InChI is InChI=1S/3BrH.Fe.H2O/h3*1H;;1H2/p-3. The van der Waals surface area contributed by atoms with Gasteiger partial charge in [-0.2, -0.15) is 0 Å². The fraction of sp³-hybridized carbons (Fsp3) is 0. The number of hydrogen-bond donors (Lipinski definition) is 0. The molecule has 0 rings (SSSR count). The molecule has 0 saturated carbocycles. The quantitative estimate of drug-likeness (QED) is 0.398. The summed E-state index contributed by atoms with van der Waals surface area (Å²) in [5.74, 6) is 0. The van der Waals surface area contributed by atoms with Crippen molar-refractivity contribution in [1.82, 2.24) is 0 Å². The molecule has 0 aromatic rings. The molecule has 0 spiro atoms. The van der Waals surface area contributed by atoms with Crippen LogP contribution in [0.25, 0.3) is 0 Å². The largest absolute Gasteiger partial charge is 1.00 e. The van der Waals surface area contributed by atoms with Gasteiger partial charge in [0, 0.05) is 17.1 Å². The molecule has 2 N–H and O–H groups in total. The Balaban J connectivity index is 0. The SMILES string of the molecule is O.[Br-].[Br-].[Br-].[Fe]. The van der Waals surface area contributed by atoms with Crippen molar-refractivity contribution < 1.29 is 73.5 Å². The molecule has 0 unspecified atom stereocenters. The van der Waals surface area contributed by atoms with E-state index in [1.807, 2.05) is 0 Å². The molecule has 0 aliphatic rings. The van der Waals surface area contributed by atoms with Crippen LogP contribution in [0.3, 0.4) is 0 Å². The van der Waals surface area contributed by atoms with Crippen LogP contribution in [0.4, 0.5) is 0 Å². The van der Waals surface area contributed by atoms with E-state index in [0.29, 0.717) is 0 Å². The third kappa shape index (κ3) is 24.7. The van der Waals surface area contributed by atoms with Crippen LogP contribution in [0.1, 0.15) is 0 Å². The van der Waals surface area contributed by atoms with Gasteiger partial charge in [0.2, 0.25) is 0 Å². The maximum absolute atomic E-state index is 0. The van der Waals surface area contributed by atoms with Gasteiger partial charge >= 0.3 is 0 Å². The normalized spacial score (nSPS) is 0. The zero-order valence-electron chi connectivity index (χ0n) is 1.99. The Morgan fingerprint density at radius 1 is 0.600 bits per heavy atom. The van der Waals surface area contributed by atoms with Crippen LogP contribution >= 0.6 is 0 Å². The molecule has 0 radical (unpaired) electrons. The van der Waals surface area contributed by atoms with E-state index < -0.39 is 0 Å². The number of rotatable bonds is 0. The Hall–Kier alpha value is 1.92. The molecule has 0 fully saturated rings. The van der Waals surface area contributed by atoms with Crippen molar-refractivity contribution in [3.8, 4) is 0 Å². The Bertz CT molecular complexity index is 6.85. The van der Waals surface area contributed by atoms with Gasteiger partial charge in [0.05, 0.1) is 0 Å². The van der Waals surface area contributed by atoms with E-state index in [-0.39, 0.29) is 73.5 Å². The van der Waals surface area contributed by atoms with Gasteiger partial charge in [-0.05, 0) is 0 Å². The second kappa shape index (κ2) is 38.9. The smallest absolute Gasteiger partial charge is 0 e. The Labute approximate surface area is 73.0 Å². The van der Waals surface area contributed by atoms with E-state index in [9.17, 15) is 0 Å². The van der Waals surface area contributed by atoms with Crippen molar-refractivity contribution in [3.05, 3.63) is 0 Å². The minimum Gasteiger partial charge on any atom is -1.00 e. The molecular weight excluding hydrogens is 312 g/mol. The van der Waals surface area contributed by atoms with E-state index >= 15 is 0 Å². The van der Waals surface area contributed by atoms with Crippen LogP contribution in [0.15, 0.2) is 0 Å². The second-order valence-electron chi connectivity index (χ2n) is 0. The van der Waals surface area contributed by atoms with E-state index in [1.54, 1.807) is 0 Å². The summed E-state index contributed by atoms with van der Waals surface area (Å²) < 4.78 is 0. The monoisotopic (exact) mass is 311 g/mol. The molecule has 0 aromatic carbocycles. The molecule has 0 heterocycles. The average molecular weight is 314 g/mol. The van der Waals surface area contributed by atoms with Crippen LogP contribution in [0.5, 0.6) is 0 Å². The molecule has 0 amide bonds. The first-order chi connectivity index (χ1) is 0. The Kier molecular flexibility index (Phi) is 512. The van der Waals surface area contributed by atoms with E-state index in [4.69, 9.17) is 0 Å². The molecule has 5 heavy (non-hydrogen) atoms. The molecule has 5 heteroatoms. The summed E-state index contributed by atoms with van der Waals surface area (Å²) in [6.45, 7) is 0. The molecule has 1 nitrogen and oxygen atoms in total. The van der Waals surface area contributed by atoms with Gasteiger partial charge in [-0.3, -0.25) is 0 Å². The maximum Gasteiger partial charge on any atom is 0 e. The van der Waals surface area contributed by atoms with Crippen molar-refractivity contribution in [1.29, 1.82) is 0 Å². The Morgan fingerprint density at radius 3 is 0.600 bits per heavy atom. The fourth-order valence-corrected chi connectivity index (χ4v) is 0. The van der Waals surface area contributed by atoms with Crippen LogP contribution in [0.2, 0.25) is 0 Å². The first kappa shape index (κ1) is 65.8. The molecule has 40 valence electrons. The third-order valence-corrected chi connectivity index (χ3v) is 0. The minimum absolute atomic E-state index is 0. The van der Waals surface area contributed by atoms with Crippen molar-refractivity contribution >= 4 is 0 Å². The van der Waals surface area contributed by atoms with Gasteiger partial charge in [0.25, 0.3) is 0 Å². The van der Waals surface area contributed by atoms with Crippen LogP contribution in [-0.2, 0) is 17.1 Å². The summed E-state index contributed by atoms with van der Waals surface area (Å²) in [5.41, 5.74) is 0. The van der Waals surface area contributed by atoms with Gasteiger partial charge in [-0.1, -0.05) is 0 Å². The molecule has 0 bridgehead atoms. The minimum atomic E-state index is 0. The van der Waals surface area contributed by atoms with Crippen molar-refractivity contribution in [2.24, 2.45) is 0 Å². The number of halogens is 3. The first-order valence-electron chi connectivity index (χ1n) is 0. The van der Waals surface area contributed by atoms with E-state index in [0.717, 1.165) is 0 Å². The summed E-state index contributed by atoms with van der Waals surface area (Å²) in [6.07, 6.45) is 0. The topological polar surface area (TPSA) is 31.5 Å². The zero-order chi connectivity index (χ0) is 0. The Morgan fingerprint density at radius 2 is 0.600 bits per heavy atom. The molecular formula is H2Br3FeO-3. The van der Waals surface area contributed by atoms with Gasteiger partial charge in [0.15, 0.2) is 0 Å². The van der Waals surface area contributed by atoms with Crippen molar-refractivity contribution in [2.75, 3.05) is 0 Å². The summed E-state index contributed by atoms with van der Waals surface area (Å²) in [4.78, 5) is 0. The summed E-state index contributed by atoms with van der Waals surface area (Å²) >= 11 is 0. The second-order valence-corrected chi connectivity index (χ2v) is 0. The zero-order valence-corrected chi connectivity index (χ0v) is 7.85. The first-order valence-corrected chi connectivity index (χ1v) is 0. The predicted octanol–water partition coefficient (Wildman–Crippen LogP) is -9.82. The van der Waals surface area contributed by atoms with Crippen LogP contribution in [-0.4, -0.2) is 5.48 Å². The van der Waals surface area contributed by atoms with Crippen LogP contribution in [0, 0.1) is 0 Å². The molecule has 0 aliphatic carbocycles. The predicted molar refractivity (Wildman–Crippen MR) is 3.61 cm³/mol. The molecule has 0 aromatic heterocycles. The molecule has 0 aliphatic heterocycles. The van der Waals surface area contributed by atoms with Gasteiger partial charge in [0.1, 0.15) is 0 Å². The average Bonchev–Trinajstić information content (AvgIpc) is 0. The van der Waals surface area contributed by atoms with Crippen molar-refractivity contribution in [2.45, 2.75) is 0 Å². The molecule has 0 atom stereocenters. The number of hydrogen-bond acceptors (Lipinski definition) is 0. The fourth-order valence-electron chi connectivity index (χ4n) is 0. The summed E-state index contributed by atoms with van der Waals surface area (Å²) in [5, 5.41) is 0. The van der Waals surface area contributed by atoms with Gasteiger partial charge in [-0.25, -0.2) is 0 Å². The van der Waals surface area contributed by atoms with Crippen molar-refractivity contribution in [3.63, 3.8) is 0 Å². The summed E-state index contributed by atoms with van der Waals surface area (Å²) in [7, 11) is 0. The maximum atomic E-state index is 0. The van der Waals surface area contributed by atoms with Gasteiger partial charge < -0.3 is 56.4 Å². The third-order valence-electron chi connectivity index (χ3n) is 0. The summed E-state index contributed by atoms with van der Waals surface area (Å²) in [6, 6.07) is 0. The molecule has 0 saturated heterocycles. The van der Waals surface area contributed by atoms with Gasteiger partial charge in [-0.15, -0.1) is 0 Å². The van der Waals surface area contributed by atoms with E-state index in [2.05, 4.69) is 0 Å².